The highest BCUT2D eigenvalue weighted by Gasteiger charge is 2.19. The number of carbonyl (C=O) groups excluding carboxylic acids is 1. The van der Waals surface area contributed by atoms with Gasteiger partial charge in [-0.15, -0.1) is 12.6 Å². The highest BCUT2D eigenvalue weighted by Crippen LogP contribution is 2.24. The smallest absolute Gasteiger partial charge is 0.257 e. The summed E-state index contributed by atoms with van der Waals surface area (Å²) in [4.78, 5) is 27.8. The Hall–Kier alpha value is -2.93. The molecule has 1 amide bonds. The van der Waals surface area contributed by atoms with Gasteiger partial charge in [0.2, 0.25) is 0 Å². The minimum atomic E-state index is -0.166. The summed E-state index contributed by atoms with van der Waals surface area (Å²) in [7, 11) is 0. The van der Waals surface area contributed by atoms with Gasteiger partial charge in [-0.1, -0.05) is 26.0 Å². The first-order valence-electron chi connectivity index (χ1n) is 9.64. The maximum Gasteiger partial charge on any atom is 0.257 e. The zero-order chi connectivity index (χ0) is 20.4. The van der Waals surface area contributed by atoms with Crippen LogP contribution in [-0.2, 0) is 13.0 Å². The Balaban J connectivity index is 1.51. The molecule has 0 radical (unpaired) electrons. The van der Waals surface area contributed by atoms with E-state index in [1.165, 1.54) is 5.56 Å². The first kappa shape index (κ1) is 19.4. The second-order valence-corrected chi connectivity index (χ2v) is 7.88. The maximum atomic E-state index is 12.8. The standard InChI is InChI=1S/C22H23N5OS/c1-14(2)15-4-3-5-18(8-15)25-21(28)16-9-19(12-23-10-16)27-7-6-20-17(13-27)11-24-22(29)26-20/h3-5,8-12,14H,6-7,13H2,1-2H3,(H,25,28)(H,24,26,29). The molecular formula is C22H23N5OS. The fraction of sp³-hybridized carbons (Fsp3) is 0.273. The number of fused-ring (bicyclic) bond motifs is 1. The minimum Gasteiger partial charge on any atom is -0.365 e. The van der Waals surface area contributed by atoms with Crippen LogP contribution in [0.25, 0.3) is 0 Å². The van der Waals surface area contributed by atoms with Crippen molar-refractivity contribution in [1.82, 2.24) is 15.0 Å². The number of thiol groups is 1. The molecule has 0 saturated carbocycles. The van der Waals surface area contributed by atoms with Crippen molar-refractivity contribution in [3.63, 3.8) is 0 Å². The third kappa shape index (κ3) is 4.40. The van der Waals surface area contributed by atoms with Gasteiger partial charge in [-0.3, -0.25) is 9.78 Å². The minimum absolute atomic E-state index is 0.166. The van der Waals surface area contributed by atoms with Crippen LogP contribution in [0.5, 0.6) is 0 Å². The lowest BCUT2D eigenvalue weighted by molar-refractivity contribution is 0.102. The number of carbonyl (C=O) groups is 1. The molecule has 0 bridgehead atoms. The van der Waals surface area contributed by atoms with Gasteiger partial charge < -0.3 is 10.2 Å². The number of pyridine rings is 1. The molecule has 0 fully saturated rings. The van der Waals surface area contributed by atoms with Gasteiger partial charge in [0.25, 0.3) is 5.91 Å². The fourth-order valence-electron chi connectivity index (χ4n) is 3.43. The quantitative estimate of drug-likeness (QED) is 0.505. The second kappa shape index (κ2) is 8.21. The lowest BCUT2D eigenvalue weighted by Crippen LogP contribution is -2.31. The lowest BCUT2D eigenvalue weighted by Gasteiger charge is -2.29. The topological polar surface area (TPSA) is 71.0 Å². The van der Waals surface area contributed by atoms with E-state index >= 15 is 0 Å². The molecule has 1 aliphatic rings. The van der Waals surface area contributed by atoms with Gasteiger partial charge >= 0.3 is 0 Å². The largest absolute Gasteiger partial charge is 0.365 e. The number of hydrogen-bond acceptors (Lipinski definition) is 6. The van der Waals surface area contributed by atoms with E-state index in [0.717, 1.165) is 35.6 Å². The Morgan fingerprint density at radius 2 is 2.07 bits per heavy atom. The van der Waals surface area contributed by atoms with Crippen LogP contribution in [0.3, 0.4) is 0 Å². The van der Waals surface area contributed by atoms with E-state index in [1.54, 1.807) is 12.4 Å². The molecule has 0 atom stereocenters. The van der Waals surface area contributed by atoms with E-state index in [4.69, 9.17) is 0 Å². The van der Waals surface area contributed by atoms with E-state index in [1.807, 2.05) is 30.5 Å². The summed E-state index contributed by atoms with van der Waals surface area (Å²) < 4.78 is 0. The average molecular weight is 406 g/mol. The number of nitrogens with one attached hydrogen (secondary N) is 1. The number of benzene rings is 1. The second-order valence-electron chi connectivity index (χ2n) is 7.48. The number of aromatic nitrogens is 3. The lowest BCUT2D eigenvalue weighted by atomic mass is 10.0. The molecule has 3 aromatic rings. The highest BCUT2D eigenvalue weighted by molar-refractivity contribution is 7.80. The Kier molecular flexibility index (Phi) is 5.49. The van der Waals surface area contributed by atoms with Crippen LogP contribution in [0, 0.1) is 0 Å². The summed E-state index contributed by atoms with van der Waals surface area (Å²) in [5.41, 5.74) is 5.54. The third-order valence-electron chi connectivity index (χ3n) is 5.08. The molecule has 2 aromatic heterocycles. The van der Waals surface area contributed by atoms with Gasteiger partial charge in [0, 0.05) is 43.2 Å². The molecule has 1 aliphatic heterocycles. The molecule has 29 heavy (non-hydrogen) atoms. The molecule has 4 rings (SSSR count). The Bertz CT molecular complexity index is 1050. The van der Waals surface area contributed by atoms with Crippen LogP contribution < -0.4 is 10.2 Å². The molecular weight excluding hydrogens is 382 g/mol. The van der Waals surface area contributed by atoms with Crippen LogP contribution in [-0.4, -0.2) is 27.4 Å². The van der Waals surface area contributed by atoms with Gasteiger partial charge in [0.05, 0.1) is 23.1 Å². The van der Waals surface area contributed by atoms with Crippen molar-refractivity contribution >= 4 is 29.9 Å². The fourth-order valence-corrected chi connectivity index (χ4v) is 3.61. The third-order valence-corrected chi connectivity index (χ3v) is 5.30. The molecule has 1 aromatic carbocycles. The molecule has 0 unspecified atom stereocenters. The number of amides is 1. The number of nitrogens with zero attached hydrogens (tertiary/aromatic N) is 4. The van der Waals surface area contributed by atoms with E-state index < -0.39 is 0 Å². The molecule has 6 nitrogen and oxygen atoms in total. The van der Waals surface area contributed by atoms with E-state index in [2.05, 4.69) is 57.7 Å². The van der Waals surface area contributed by atoms with Crippen molar-refractivity contribution in [1.29, 1.82) is 0 Å². The summed E-state index contributed by atoms with van der Waals surface area (Å²) in [6.45, 7) is 5.76. The van der Waals surface area contributed by atoms with Gasteiger partial charge in [-0.05, 0) is 29.7 Å². The molecule has 3 heterocycles. The van der Waals surface area contributed by atoms with Crippen molar-refractivity contribution in [2.45, 2.75) is 37.9 Å². The monoisotopic (exact) mass is 405 g/mol. The summed E-state index contributed by atoms with van der Waals surface area (Å²) in [6, 6.07) is 9.82. The van der Waals surface area contributed by atoms with Crippen LogP contribution in [0.4, 0.5) is 11.4 Å². The van der Waals surface area contributed by atoms with Gasteiger partial charge in [0.15, 0.2) is 5.16 Å². The van der Waals surface area contributed by atoms with Crippen LogP contribution in [0.15, 0.2) is 54.1 Å². The van der Waals surface area contributed by atoms with Crippen LogP contribution >= 0.6 is 12.6 Å². The van der Waals surface area contributed by atoms with Crippen molar-refractivity contribution in [3.05, 3.63) is 71.3 Å². The van der Waals surface area contributed by atoms with Crippen molar-refractivity contribution in [3.8, 4) is 0 Å². The van der Waals surface area contributed by atoms with E-state index in [0.29, 0.717) is 23.2 Å². The van der Waals surface area contributed by atoms with E-state index in [-0.39, 0.29) is 5.91 Å². The predicted molar refractivity (Wildman–Crippen MR) is 117 cm³/mol. The molecule has 1 N–H and O–H groups in total. The summed E-state index contributed by atoms with van der Waals surface area (Å²) in [6.07, 6.45) is 6.01. The first-order chi connectivity index (χ1) is 14.0. The van der Waals surface area contributed by atoms with Crippen LogP contribution in [0.1, 0.15) is 46.9 Å². The van der Waals surface area contributed by atoms with Gasteiger partial charge in [-0.2, -0.15) is 0 Å². The molecule has 148 valence electrons. The van der Waals surface area contributed by atoms with E-state index in [9.17, 15) is 4.79 Å². The molecule has 0 saturated heterocycles. The highest BCUT2D eigenvalue weighted by atomic mass is 32.1. The van der Waals surface area contributed by atoms with Gasteiger partial charge in [0.1, 0.15) is 0 Å². The van der Waals surface area contributed by atoms with Crippen molar-refractivity contribution < 1.29 is 4.79 Å². The Morgan fingerprint density at radius 1 is 1.21 bits per heavy atom. The predicted octanol–water partition coefficient (Wildman–Crippen LogP) is 4.10. The summed E-state index contributed by atoms with van der Waals surface area (Å²) >= 11 is 4.21. The maximum absolute atomic E-state index is 12.8. The number of hydrogen-bond donors (Lipinski definition) is 2. The normalized spacial score (nSPS) is 13.3. The number of anilines is 2. The Morgan fingerprint density at radius 3 is 2.90 bits per heavy atom. The van der Waals surface area contributed by atoms with Crippen molar-refractivity contribution in [2.75, 3.05) is 16.8 Å². The molecule has 7 heteroatoms. The molecule has 0 spiro atoms. The van der Waals surface area contributed by atoms with Crippen molar-refractivity contribution in [2.24, 2.45) is 0 Å². The Labute approximate surface area is 175 Å². The zero-order valence-electron chi connectivity index (χ0n) is 16.5. The summed E-state index contributed by atoms with van der Waals surface area (Å²) in [5.74, 6) is 0.238. The van der Waals surface area contributed by atoms with Gasteiger partial charge in [-0.25, -0.2) is 9.97 Å². The van der Waals surface area contributed by atoms with Crippen LogP contribution in [0.2, 0.25) is 0 Å². The first-order valence-corrected chi connectivity index (χ1v) is 10.1. The average Bonchev–Trinajstić information content (AvgIpc) is 2.73. The SMILES string of the molecule is CC(C)c1cccc(NC(=O)c2cncc(N3CCc4nc(S)ncc4C3)c2)c1. The number of rotatable bonds is 4. The summed E-state index contributed by atoms with van der Waals surface area (Å²) in [5, 5.41) is 3.48. The zero-order valence-corrected chi connectivity index (χ0v) is 17.4. The molecule has 0 aliphatic carbocycles.